The molecule has 1 aromatic heterocycles. The maximum absolute atomic E-state index is 11.5. The third-order valence-corrected chi connectivity index (χ3v) is 3.45. The predicted octanol–water partition coefficient (Wildman–Crippen LogP) is 1.30. The summed E-state index contributed by atoms with van der Waals surface area (Å²) in [5, 5.41) is 3.18. The number of aromatic nitrogens is 1. The maximum Gasteiger partial charge on any atom is 0.239 e. The van der Waals surface area contributed by atoms with Gasteiger partial charge in [0.15, 0.2) is 0 Å². The number of hydrogen-bond acceptors (Lipinski definition) is 4. The van der Waals surface area contributed by atoms with Crippen LogP contribution < -0.4 is 11.1 Å². The Bertz CT molecular complexity index is 409. The first-order valence-corrected chi connectivity index (χ1v) is 7.23. The summed E-state index contributed by atoms with van der Waals surface area (Å²) in [7, 11) is 0. The second kappa shape index (κ2) is 8.24. The lowest BCUT2D eigenvalue weighted by molar-refractivity contribution is -0.120. The number of carbonyl (C=O) groups excluding carboxylic acids is 1. The lowest BCUT2D eigenvalue weighted by atomic mass is 10.1. The monoisotopic (exact) mass is 328 g/mol. The second-order valence-electron chi connectivity index (χ2n) is 4.25. The van der Waals surface area contributed by atoms with Crippen molar-refractivity contribution in [1.82, 2.24) is 15.2 Å². The molecule has 1 heterocycles. The molecule has 0 aliphatic heterocycles. The zero-order chi connectivity index (χ0) is 14.3. The van der Waals surface area contributed by atoms with E-state index in [-0.39, 0.29) is 5.91 Å². The summed E-state index contributed by atoms with van der Waals surface area (Å²) in [5.74, 6) is -0.389. The van der Waals surface area contributed by atoms with Crippen LogP contribution in [0, 0.1) is 0 Å². The molecule has 5 nitrogen and oxygen atoms in total. The minimum Gasteiger partial charge on any atom is -0.368 e. The minimum absolute atomic E-state index is 0.389. The van der Waals surface area contributed by atoms with Crippen molar-refractivity contribution in [3.8, 4) is 0 Å². The molecular weight excluding hydrogens is 308 g/mol. The summed E-state index contributed by atoms with van der Waals surface area (Å²) < 4.78 is 0.835. The smallest absolute Gasteiger partial charge is 0.239 e. The van der Waals surface area contributed by atoms with Gasteiger partial charge in [0.2, 0.25) is 5.91 Å². The zero-order valence-corrected chi connectivity index (χ0v) is 13.0. The van der Waals surface area contributed by atoms with Crippen LogP contribution in [0.5, 0.6) is 0 Å². The van der Waals surface area contributed by atoms with Crippen LogP contribution in [-0.2, 0) is 4.79 Å². The fourth-order valence-corrected chi connectivity index (χ4v) is 2.26. The lowest BCUT2D eigenvalue weighted by Crippen LogP contribution is -2.38. The van der Waals surface area contributed by atoms with E-state index in [9.17, 15) is 4.79 Å². The van der Waals surface area contributed by atoms with Crippen LogP contribution in [0.4, 0.5) is 0 Å². The number of nitrogens with zero attached hydrogens (tertiary/aromatic N) is 2. The highest BCUT2D eigenvalue weighted by Crippen LogP contribution is 2.16. The van der Waals surface area contributed by atoms with E-state index in [0.29, 0.717) is 6.54 Å². The second-order valence-corrected chi connectivity index (χ2v) is 5.17. The molecule has 0 saturated heterocycles. The van der Waals surface area contributed by atoms with Crippen LogP contribution in [0.3, 0.4) is 0 Å². The molecule has 0 radical (unpaired) electrons. The van der Waals surface area contributed by atoms with Crippen LogP contribution in [0.2, 0.25) is 0 Å². The molecule has 6 heteroatoms. The number of likely N-dealkylation sites (N-methyl/N-ethyl adjacent to an activating group) is 1. The molecule has 1 atom stereocenters. The van der Waals surface area contributed by atoms with Crippen molar-refractivity contribution in [2.75, 3.05) is 26.2 Å². The van der Waals surface area contributed by atoms with Gasteiger partial charge in [-0.15, -0.1) is 0 Å². The van der Waals surface area contributed by atoms with Crippen LogP contribution in [0.25, 0.3) is 0 Å². The maximum atomic E-state index is 11.5. The van der Waals surface area contributed by atoms with Gasteiger partial charge in [0, 0.05) is 30.0 Å². The van der Waals surface area contributed by atoms with Gasteiger partial charge in [0.05, 0.1) is 0 Å². The van der Waals surface area contributed by atoms with Crippen molar-refractivity contribution in [1.29, 1.82) is 0 Å². The van der Waals surface area contributed by atoms with Gasteiger partial charge < -0.3 is 16.0 Å². The Kier molecular flexibility index (Phi) is 6.97. The van der Waals surface area contributed by atoms with Gasteiger partial charge in [-0.3, -0.25) is 9.78 Å². The number of pyridine rings is 1. The molecular formula is C13H21BrN4O. The molecule has 0 aromatic carbocycles. The van der Waals surface area contributed by atoms with E-state index < -0.39 is 6.04 Å². The highest BCUT2D eigenvalue weighted by atomic mass is 79.9. The van der Waals surface area contributed by atoms with Gasteiger partial charge in [0.1, 0.15) is 6.04 Å². The van der Waals surface area contributed by atoms with E-state index in [1.54, 1.807) is 12.4 Å². The summed E-state index contributed by atoms with van der Waals surface area (Å²) in [5.41, 5.74) is 6.22. The Balaban J connectivity index is 2.62. The van der Waals surface area contributed by atoms with E-state index >= 15 is 0 Å². The molecule has 19 heavy (non-hydrogen) atoms. The van der Waals surface area contributed by atoms with Crippen LogP contribution >= 0.6 is 15.9 Å². The lowest BCUT2D eigenvalue weighted by Gasteiger charge is -2.21. The van der Waals surface area contributed by atoms with E-state index in [1.165, 1.54) is 0 Å². The van der Waals surface area contributed by atoms with Crippen LogP contribution in [0.1, 0.15) is 25.5 Å². The Morgan fingerprint density at radius 2 is 2.16 bits per heavy atom. The van der Waals surface area contributed by atoms with E-state index in [4.69, 9.17) is 5.73 Å². The fourth-order valence-electron chi connectivity index (χ4n) is 1.88. The van der Waals surface area contributed by atoms with E-state index in [2.05, 4.69) is 45.0 Å². The Morgan fingerprint density at radius 1 is 1.47 bits per heavy atom. The molecule has 1 amide bonds. The number of nitrogens with one attached hydrogen (secondary N) is 1. The quantitative estimate of drug-likeness (QED) is 0.754. The largest absolute Gasteiger partial charge is 0.368 e. The first-order valence-electron chi connectivity index (χ1n) is 6.44. The fraction of sp³-hybridized carbons (Fsp3) is 0.538. The SMILES string of the molecule is CCN(CC)CCNC(C(N)=O)c1cncc(Br)c1. The predicted molar refractivity (Wildman–Crippen MR) is 79.7 cm³/mol. The summed E-state index contributed by atoms with van der Waals surface area (Å²) in [4.78, 5) is 17.9. The number of nitrogens with two attached hydrogens (primary N) is 1. The van der Waals surface area contributed by atoms with Gasteiger partial charge in [-0.2, -0.15) is 0 Å². The van der Waals surface area contributed by atoms with Gasteiger partial charge in [0.25, 0.3) is 0 Å². The molecule has 1 aromatic rings. The van der Waals surface area contributed by atoms with Crippen molar-refractivity contribution in [3.05, 3.63) is 28.5 Å². The molecule has 0 aliphatic rings. The zero-order valence-electron chi connectivity index (χ0n) is 11.4. The van der Waals surface area contributed by atoms with Gasteiger partial charge >= 0.3 is 0 Å². The van der Waals surface area contributed by atoms with Crippen LogP contribution in [0.15, 0.2) is 22.9 Å². The molecule has 0 fully saturated rings. The molecule has 106 valence electrons. The summed E-state index contributed by atoms with van der Waals surface area (Å²) in [6.45, 7) is 7.83. The van der Waals surface area contributed by atoms with Gasteiger partial charge in [-0.1, -0.05) is 13.8 Å². The first kappa shape index (κ1) is 16.1. The molecule has 0 aliphatic carbocycles. The van der Waals surface area contributed by atoms with Crippen molar-refractivity contribution < 1.29 is 4.79 Å². The number of halogens is 1. The summed E-state index contributed by atoms with van der Waals surface area (Å²) in [6, 6.07) is 1.35. The number of rotatable bonds is 8. The standard InChI is InChI=1S/C13H21BrN4O/c1-3-18(4-2)6-5-17-12(13(15)19)10-7-11(14)9-16-8-10/h7-9,12,17H,3-6H2,1-2H3,(H2,15,19). The average Bonchev–Trinajstić information content (AvgIpc) is 2.38. The Hall–Kier alpha value is -0.980. The topological polar surface area (TPSA) is 71.2 Å². The third-order valence-electron chi connectivity index (χ3n) is 3.01. The highest BCUT2D eigenvalue weighted by molar-refractivity contribution is 9.10. The van der Waals surface area contributed by atoms with Crippen molar-refractivity contribution in [2.45, 2.75) is 19.9 Å². The number of primary amides is 1. The van der Waals surface area contributed by atoms with E-state index in [0.717, 1.165) is 29.7 Å². The van der Waals surface area contributed by atoms with Crippen molar-refractivity contribution in [2.24, 2.45) is 5.73 Å². The molecule has 0 bridgehead atoms. The third kappa shape index (κ3) is 5.26. The Morgan fingerprint density at radius 3 is 2.68 bits per heavy atom. The Labute approximate surface area is 122 Å². The molecule has 1 rings (SSSR count). The minimum atomic E-state index is -0.499. The number of amides is 1. The number of carbonyl (C=O) groups is 1. The summed E-state index contributed by atoms with van der Waals surface area (Å²) in [6.07, 6.45) is 3.34. The van der Waals surface area contributed by atoms with Gasteiger partial charge in [-0.25, -0.2) is 0 Å². The molecule has 0 saturated carbocycles. The molecule has 1 unspecified atom stereocenters. The highest BCUT2D eigenvalue weighted by Gasteiger charge is 2.17. The van der Waals surface area contributed by atoms with E-state index in [1.807, 2.05) is 6.07 Å². The summed E-state index contributed by atoms with van der Waals surface area (Å²) >= 11 is 3.34. The van der Waals surface area contributed by atoms with Crippen molar-refractivity contribution in [3.63, 3.8) is 0 Å². The number of hydrogen-bond donors (Lipinski definition) is 2. The molecule has 0 spiro atoms. The van der Waals surface area contributed by atoms with Crippen molar-refractivity contribution >= 4 is 21.8 Å². The average molecular weight is 329 g/mol. The van der Waals surface area contributed by atoms with Gasteiger partial charge in [-0.05, 0) is 40.6 Å². The normalized spacial score (nSPS) is 12.6. The van der Waals surface area contributed by atoms with Crippen LogP contribution in [-0.4, -0.2) is 42.0 Å². The molecule has 3 N–H and O–H groups in total. The first-order chi connectivity index (χ1) is 9.08.